The maximum atomic E-state index is 6.48. The first-order chi connectivity index (χ1) is 10.0. The van der Waals surface area contributed by atoms with Crippen molar-refractivity contribution in [2.45, 2.75) is 38.9 Å². The zero-order chi connectivity index (χ0) is 17.1. The van der Waals surface area contributed by atoms with Crippen molar-refractivity contribution in [2.24, 2.45) is 0 Å². The van der Waals surface area contributed by atoms with E-state index >= 15 is 0 Å². The quantitative estimate of drug-likeness (QED) is 0.500. The summed E-state index contributed by atoms with van der Waals surface area (Å²) in [6, 6.07) is 3.77. The molecule has 22 heavy (non-hydrogen) atoms. The lowest BCUT2D eigenvalue weighted by Crippen LogP contribution is -2.44. The molecule has 0 heterocycles. The lowest BCUT2D eigenvalue weighted by Gasteiger charge is -2.37. The highest BCUT2D eigenvalue weighted by Gasteiger charge is 2.39. The Labute approximate surface area is 151 Å². The number of rotatable bonds is 5. The number of benzene rings is 1. The zero-order valence-corrected chi connectivity index (χ0v) is 18.4. The third-order valence-corrected chi connectivity index (χ3v) is 8.76. The van der Waals surface area contributed by atoms with Crippen molar-refractivity contribution >= 4 is 46.3 Å². The van der Waals surface area contributed by atoms with Crippen LogP contribution >= 0.6 is 31.9 Å². The standard InChI is InChI=1S/C16H24Br2O3Si/c1-16(2,3)22(6,7)21-14-9-11(19-4)8-13(20-5)12(14)10-15(17)18/h8-10H,1-7H3. The van der Waals surface area contributed by atoms with Crippen LogP contribution in [0.15, 0.2) is 15.5 Å². The van der Waals surface area contributed by atoms with Gasteiger partial charge in [-0.05, 0) is 56.1 Å². The van der Waals surface area contributed by atoms with Crippen molar-refractivity contribution in [3.8, 4) is 17.2 Å². The SMILES string of the molecule is COc1cc(OC)c(C=C(Br)Br)c(O[Si](C)(C)C(C)(C)C)c1. The monoisotopic (exact) mass is 450 g/mol. The Morgan fingerprint density at radius 2 is 1.59 bits per heavy atom. The van der Waals surface area contributed by atoms with Gasteiger partial charge in [0.15, 0.2) is 0 Å². The molecule has 0 fully saturated rings. The van der Waals surface area contributed by atoms with Gasteiger partial charge in [-0.25, -0.2) is 0 Å². The molecule has 6 heteroatoms. The number of hydrogen-bond donors (Lipinski definition) is 0. The molecule has 3 nitrogen and oxygen atoms in total. The second-order valence-electron chi connectivity index (χ2n) is 6.54. The van der Waals surface area contributed by atoms with Crippen molar-refractivity contribution in [1.29, 1.82) is 0 Å². The van der Waals surface area contributed by atoms with E-state index in [0.717, 1.165) is 14.7 Å². The Morgan fingerprint density at radius 3 is 2.00 bits per heavy atom. The number of ether oxygens (including phenoxy) is 2. The van der Waals surface area contributed by atoms with E-state index in [-0.39, 0.29) is 5.04 Å². The van der Waals surface area contributed by atoms with Crippen LogP contribution in [0.25, 0.3) is 6.08 Å². The number of methoxy groups -OCH3 is 2. The molecule has 0 bridgehead atoms. The average molecular weight is 452 g/mol. The van der Waals surface area contributed by atoms with Crippen molar-refractivity contribution < 1.29 is 13.9 Å². The van der Waals surface area contributed by atoms with Gasteiger partial charge in [0.1, 0.15) is 17.2 Å². The summed E-state index contributed by atoms with van der Waals surface area (Å²) in [7, 11) is 1.31. The highest BCUT2D eigenvalue weighted by atomic mass is 79.9. The summed E-state index contributed by atoms with van der Waals surface area (Å²) in [5, 5.41) is 0.107. The van der Waals surface area contributed by atoms with Crippen molar-refractivity contribution in [3.05, 3.63) is 21.1 Å². The smallest absolute Gasteiger partial charge is 0.250 e. The Balaban J connectivity index is 3.47. The van der Waals surface area contributed by atoms with E-state index in [2.05, 4.69) is 65.7 Å². The molecule has 0 N–H and O–H groups in total. The van der Waals surface area contributed by atoms with E-state index in [1.54, 1.807) is 14.2 Å². The molecule has 0 amide bonds. The van der Waals surface area contributed by atoms with Gasteiger partial charge in [0.25, 0.3) is 8.32 Å². The molecule has 0 saturated heterocycles. The maximum Gasteiger partial charge on any atom is 0.250 e. The first-order valence-corrected chi connectivity index (χ1v) is 11.5. The molecule has 0 aliphatic heterocycles. The van der Waals surface area contributed by atoms with E-state index < -0.39 is 8.32 Å². The molecule has 0 aliphatic rings. The third kappa shape index (κ3) is 4.76. The van der Waals surface area contributed by atoms with Gasteiger partial charge in [0.2, 0.25) is 0 Å². The van der Waals surface area contributed by atoms with Crippen LogP contribution in [0.5, 0.6) is 17.2 Å². The molecule has 0 atom stereocenters. The van der Waals surface area contributed by atoms with Crippen molar-refractivity contribution in [1.82, 2.24) is 0 Å². The molecular formula is C16H24Br2O3Si. The van der Waals surface area contributed by atoms with Gasteiger partial charge in [-0.1, -0.05) is 20.8 Å². The minimum absolute atomic E-state index is 0.107. The molecule has 0 saturated carbocycles. The first kappa shape index (κ1) is 19.6. The first-order valence-electron chi connectivity index (χ1n) is 6.99. The van der Waals surface area contributed by atoms with Crippen molar-refractivity contribution in [3.63, 3.8) is 0 Å². The van der Waals surface area contributed by atoms with Gasteiger partial charge in [-0.2, -0.15) is 0 Å². The topological polar surface area (TPSA) is 27.7 Å². The lowest BCUT2D eigenvalue weighted by atomic mass is 10.1. The summed E-state index contributed by atoms with van der Waals surface area (Å²) in [4.78, 5) is 0. The van der Waals surface area contributed by atoms with E-state index in [9.17, 15) is 0 Å². The molecule has 0 radical (unpaired) electrons. The highest BCUT2D eigenvalue weighted by Crippen LogP contribution is 2.42. The van der Waals surface area contributed by atoms with Crippen LogP contribution in [-0.2, 0) is 0 Å². The van der Waals surface area contributed by atoms with Gasteiger partial charge in [0.05, 0.1) is 23.2 Å². The predicted octanol–water partition coefficient (Wildman–Crippen LogP) is 6.18. The van der Waals surface area contributed by atoms with Crippen LogP contribution in [0.4, 0.5) is 0 Å². The molecule has 0 spiro atoms. The summed E-state index contributed by atoms with van der Waals surface area (Å²) in [5.41, 5.74) is 0.886. The summed E-state index contributed by atoms with van der Waals surface area (Å²) >= 11 is 6.82. The molecule has 124 valence electrons. The second kappa shape index (κ2) is 7.40. The van der Waals surface area contributed by atoms with E-state index in [0.29, 0.717) is 11.5 Å². The molecule has 0 aliphatic carbocycles. The van der Waals surface area contributed by atoms with Crippen LogP contribution in [0.1, 0.15) is 26.3 Å². The van der Waals surface area contributed by atoms with E-state index in [4.69, 9.17) is 13.9 Å². The molecule has 1 rings (SSSR count). The minimum atomic E-state index is -1.97. The van der Waals surface area contributed by atoms with Gasteiger partial charge < -0.3 is 13.9 Å². The Kier molecular flexibility index (Phi) is 6.59. The molecule has 0 unspecified atom stereocenters. The molecule has 1 aromatic carbocycles. The van der Waals surface area contributed by atoms with Crippen LogP contribution < -0.4 is 13.9 Å². The Morgan fingerprint density at radius 1 is 1.05 bits per heavy atom. The normalized spacial score (nSPS) is 11.9. The summed E-state index contributed by atoms with van der Waals surface area (Å²) in [5.74, 6) is 2.21. The van der Waals surface area contributed by atoms with Crippen LogP contribution in [0.3, 0.4) is 0 Å². The third-order valence-electron chi connectivity index (χ3n) is 3.96. The predicted molar refractivity (Wildman–Crippen MR) is 103 cm³/mol. The largest absolute Gasteiger partial charge is 0.543 e. The minimum Gasteiger partial charge on any atom is -0.543 e. The molecule has 0 aromatic heterocycles. The van der Waals surface area contributed by atoms with E-state index in [1.165, 1.54) is 0 Å². The highest BCUT2D eigenvalue weighted by molar-refractivity contribution is 9.28. The van der Waals surface area contributed by atoms with Gasteiger partial charge in [0, 0.05) is 12.1 Å². The second-order valence-corrected chi connectivity index (χ2v) is 14.0. The fraction of sp³-hybridized carbons (Fsp3) is 0.500. The average Bonchev–Trinajstić information content (AvgIpc) is 2.38. The molecule has 1 aromatic rings. The van der Waals surface area contributed by atoms with Gasteiger partial charge in [-0.15, -0.1) is 0 Å². The zero-order valence-electron chi connectivity index (χ0n) is 14.2. The molecular weight excluding hydrogens is 428 g/mol. The summed E-state index contributed by atoms with van der Waals surface area (Å²) < 4.78 is 18.2. The summed E-state index contributed by atoms with van der Waals surface area (Å²) in [6.07, 6.45) is 1.93. The Hall–Kier alpha value is -0.463. The van der Waals surface area contributed by atoms with Gasteiger partial charge >= 0.3 is 0 Å². The van der Waals surface area contributed by atoms with E-state index in [1.807, 2.05) is 18.2 Å². The fourth-order valence-corrected chi connectivity index (χ4v) is 3.11. The van der Waals surface area contributed by atoms with Crippen LogP contribution in [0, 0.1) is 0 Å². The number of hydrogen-bond acceptors (Lipinski definition) is 3. The maximum absolute atomic E-state index is 6.48. The fourth-order valence-electron chi connectivity index (χ4n) is 1.63. The van der Waals surface area contributed by atoms with Crippen LogP contribution in [0.2, 0.25) is 18.1 Å². The lowest BCUT2D eigenvalue weighted by molar-refractivity contribution is 0.387. The van der Waals surface area contributed by atoms with Gasteiger partial charge in [-0.3, -0.25) is 0 Å². The van der Waals surface area contributed by atoms with Crippen molar-refractivity contribution in [2.75, 3.05) is 14.2 Å². The Bertz CT molecular complexity index is 559. The summed E-state index contributed by atoms with van der Waals surface area (Å²) in [6.45, 7) is 11.1. The van der Waals surface area contributed by atoms with Crippen LogP contribution in [-0.4, -0.2) is 22.5 Å². The number of halogens is 2.